The third-order valence-electron chi connectivity index (χ3n) is 4.62. The van der Waals surface area contributed by atoms with Gasteiger partial charge in [-0.3, -0.25) is 9.59 Å². The maximum Gasteiger partial charge on any atom is 0.228 e. The van der Waals surface area contributed by atoms with Gasteiger partial charge in [0.1, 0.15) is 11.6 Å². The molecule has 1 aliphatic rings. The number of amides is 2. The molecule has 0 aromatic heterocycles. The number of carbonyl (C=O) groups is 2. The van der Waals surface area contributed by atoms with Crippen LogP contribution in [0.3, 0.4) is 0 Å². The van der Waals surface area contributed by atoms with Gasteiger partial charge in [0.25, 0.3) is 0 Å². The summed E-state index contributed by atoms with van der Waals surface area (Å²) in [7, 11) is 0. The van der Waals surface area contributed by atoms with E-state index >= 15 is 0 Å². The molecule has 28 heavy (non-hydrogen) atoms. The van der Waals surface area contributed by atoms with Crippen molar-refractivity contribution in [1.82, 2.24) is 5.32 Å². The van der Waals surface area contributed by atoms with Crippen LogP contribution in [0.2, 0.25) is 0 Å². The molecule has 2 aromatic carbocycles. The van der Waals surface area contributed by atoms with E-state index in [4.69, 9.17) is 4.74 Å². The Hall–Kier alpha value is -2.89. The number of carbonyl (C=O) groups excluding carboxylic acids is 2. The van der Waals surface area contributed by atoms with Crippen molar-refractivity contribution in [2.24, 2.45) is 11.8 Å². The van der Waals surface area contributed by atoms with Gasteiger partial charge in [0, 0.05) is 6.54 Å². The number of ether oxygens (including phenoxy) is 1. The van der Waals surface area contributed by atoms with Crippen molar-refractivity contribution in [3.05, 3.63) is 59.9 Å². The summed E-state index contributed by atoms with van der Waals surface area (Å²) in [5.74, 6) is -0.697. The molecule has 2 amide bonds. The first kappa shape index (κ1) is 19.9. The fraction of sp³-hybridized carbons (Fsp3) is 0.364. The highest BCUT2D eigenvalue weighted by atomic mass is 19.1. The van der Waals surface area contributed by atoms with E-state index in [1.54, 1.807) is 30.3 Å². The lowest BCUT2D eigenvalue weighted by atomic mass is 10.1. The number of benzene rings is 2. The zero-order chi connectivity index (χ0) is 20.1. The molecule has 0 heterocycles. The van der Waals surface area contributed by atoms with E-state index < -0.39 is 0 Å². The van der Waals surface area contributed by atoms with Crippen molar-refractivity contribution in [2.75, 3.05) is 11.9 Å². The molecule has 1 fully saturated rings. The van der Waals surface area contributed by atoms with Crippen LogP contribution in [0.25, 0.3) is 0 Å². The summed E-state index contributed by atoms with van der Waals surface area (Å²) in [6, 6.07) is 13.7. The lowest BCUT2D eigenvalue weighted by molar-refractivity contribution is -0.125. The van der Waals surface area contributed by atoms with Gasteiger partial charge in [0.05, 0.1) is 23.6 Å². The van der Waals surface area contributed by atoms with Gasteiger partial charge in [0.15, 0.2) is 0 Å². The molecule has 2 aromatic rings. The normalized spacial score (nSPS) is 17.9. The van der Waals surface area contributed by atoms with Crippen LogP contribution >= 0.6 is 0 Å². The summed E-state index contributed by atoms with van der Waals surface area (Å²) in [5.41, 5.74) is 1.17. The summed E-state index contributed by atoms with van der Waals surface area (Å²) < 4.78 is 19.3. The molecule has 0 bridgehead atoms. The minimum Gasteiger partial charge on any atom is -0.489 e. The average Bonchev–Trinajstić information content (AvgIpc) is 3.45. The maximum atomic E-state index is 13.6. The van der Waals surface area contributed by atoms with Crippen LogP contribution in [0.4, 0.5) is 10.1 Å². The van der Waals surface area contributed by atoms with Crippen LogP contribution in [-0.2, 0) is 16.0 Å². The van der Waals surface area contributed by atoms with Crippen LogP contribution in [0.5, 0.6) is 5.75 Å². The molecule has 2 unspecified atom stereocenters. The Kier molecular flexibility index (Phi) is 6.29. The van der Waals surface area contributed by atoms with Gasteiger partial charge in [-0.25, -0.2) is 4.39 Å². The molecular weight excluding hydrogens is 359 g/mol. The van der Waals surface area contributed by atoms with Crippen molar-refractivity contribution in [3.8, 4) is 5.75 Å². The Bertz CT molecular complexity index is 853. The van der Waals surface area contributed by atoms with Gasteiger partial charge in [-0.05, 0) is 50.5 Å². The van der Waals surface area contributed by atoms with E-state index in [0.717, 1.165) is 0 Å². The smallest absolute Gasteiger partial charge is 0.228 e. The average molecular weight is 384 g/mol. The van der Waals surface area contributed by atoms with Crippen LogP contribution in [-0.4, -0.2) is 24.5 Å². The number of hydrogen-bond acceptors (Lipinski definition) is 3. The summed E-state index contributed by atoms with van der Waals surface area (Å²) >= 11 is 0. The summed E-state index contributed by atoms with van der Waals surface area (Å²) in [4.78, 5) is 24.7. The maximum absolute atomic E-state index is 13.6. The van der Waals surface area contributed by atoms with Crippen molar-refractivity contribution in [1.29, 1.82) is 0 Å². The number of anilines is 1. The van der Waals surface area contributed by atoms with Gasteiger partial charge >= 0.3 is 0 Å². The van der Waals surface area contributed by atoms with Crippen molar-refractivity contribution in [3.63, 3.8) is 0 Å². The largest absolute Gasteiger partial charge is 0.489 e. The molecule has 3 rings (SSSR count). The molecule has 0 radical (unpaired) electrons. The summed E-state index contributed by atoms with van der Waals surface area (Å²) in [6.45, 7) is 4.18. The first-order valence-corrected chi connectivity index (χ1v) is 9.53. The molecule has 2 atom stereocenters. The van der Waals surface area contributed by atoms with E-state index in [9.17, 15) is 14.0 Å². The van der Waals surface area contributed by atoms with E-state index in [0.29, 0.717) is 36.4 Å². The molecule has 6 heteroatoms. The molecular formula is C22H25FN2O3. The highest BCUT2D eigenvalue weighted by molar-refractivity contribution is 6.00. The predicted molar refractivity (Wildman–Crippen MR) is 106 cm³/mol. The standard InChI is InChI=1S/C22H25FN2O3/c1-14(2)28-20-10-6-5-9-19(20)25-22(27)17-13-16(17)21(26)24-12-11-15-7-3-4-8-18(15)23/h3-10,14,16-17H,11-13H2,1-2H3,(H,24,26)(H,25,27). The monoisotopic (exact) mass is 384 g/mol. The van der Waals surface area contributed by atoms with Crippen LogP contribution in [0, 0.1) is 17.7 Å². The van der Waals surface area contributed by atoms with Gasteiger partial charge in [-0.15, -0.1) is 0 Å². The Balaban J connectivity index is 1.48. The first-order valence-electron chi connectivity index (χ1n) is 9.53. The van der Waals surface area contributed by atoms with Gasteiger partial charge in [0.2, 0.25) is 11.8 Å². The SMILES string of the molecule is CC(C)Oc1ccccc1NC(=O)C1CC1C(=O)NCCc1ccccc1F. The molecule has 1 aliphatic carbocycles. The first-order chi connectivity index (χ1) is 13.5. The Morgan fingerprint density at radius 1 is 1.07 bits per heavy atom. The number of hydrogen-bond donors (Lipinski definition) is 2. The minimum atomic E-state index is -0.347. The highest BCUT2D eigenvalue weighted by Gasteiger charge is 2.48. The topological polar surface area (TPSA) is 67.4 Å². The van der Waals surface area contributed by atoms with Crippen LogP contribution in [0.1, 0.15) is 25.8 Å². The van der Waals surface area contributed by atoms with E-state index in [-0.39, 0.29) is 35.6 Å². The molecule has 5 nitrogen and oxygen atoms in total. The van der Waals surface area contributed by atoms with Gasteiger partial charge in [-0.1, -0.05) is 30.3 Å². The molecule has 1 saturated carbocycles. The van der Waals surface area contributed by atoms with Crippen molar-refractivity contribution in [2.45, 2.75) is 32.8 Å². The van der Waals surface area contributed by atoms with Crippen LogP contribution < -0.4 is 15.4 Å². The molecule has 2 N–H and O–H groups in total. The fourth-order valence-corrected chi connectivity index (χ4v) is 3.08. The Morgan fingerprint density at radius 2 is 1.75 bits per heavy atom. The van der Waals surface area contributed by atoms with Crippen molar-refractivity contribution < 1.29 is 18.7 Å². The number of halogens is 1. The van der Waals surface area contributed by atoms with Gasteiger partial charge in [-0.2, -0.15) is 0 Å². The Morgan fingerprint density at radius 3 is 2.50 bits per heavy atom. The third kappa shape index (κ3) is 5.09. The number of nitrogens with one attached hydrogen (secondary N) is 2. The summed E-state index contributed by atoms with van der Waals surface area (Å²) in [6.07, 6.45) is 0.930. The number of rotatable bonds is 8. The predicted octanol–water partition coefficient (Wildman–Crippen LogP) is 3.55. The van der Waals surface area contributed by atoms with E-state index in [1.165, 1.54) is 6.07 Å². The second kappa shape index (κ2) is 8.87. The highest BCUT2D eigenvalue weighted by Crippen LogP contribution is 2.40. The second-order valence-electron chi connectivity index (χ2n) is 7.23. The van der Waals surface area contributed by atoms with Crippen molar-refractivity contribution >= 4 is 17.5 Å². The zero-order valence-corrected chi connectivity index (χ0v) is 16.1. The zero-order valence-electron chi connectivity index (χ0n) is 16.1. The molecule has 0 spiro atoms. The number of para-hydroxylation sites is 2. The lowest BCUT2D eigenvalue weighted by Gasteiger charge is -2.14. The quantitative estimate of drug-likeness (QED) is 0.731. The van der Waals surface area contributed by atoms with E-state index in [2.05, 4.69) is 10.6 Å². The van der Waals surface area contributed by atoms with Crippen LogP contribution in [0.15, 0.2) is 48.5 Å². The molecule has 148 valence electrons. The fourth-order valence-electron chi connectivity index (χ4n) is 3.08. The molecule has 0 aliphatic heterocycles. The lowest BCUT2D eigenvalue weighted by Crippen LogP contribution is -2.29. The summed E-state index contributed by atoms with van der Waals surface area (Å²) in [5, 5.41) is 5.65. The Labute approximate surface area is 164 Å². The van der Waals surface area contributed by atoms with Gasteiger partial charge < -0.3 is 15.4 Å². The third-order valence-corrected chi connectivity index (χ3v) is 4.62. The molecule has 0 saturated heterocycles. The van der Waals surface area contributed by atoms with E-state index in [1.807, 2.05) is 26.0 Å². The second-order valence-corrected chi connectivity index (χ2v) is 7.23. The minimum absolute atomic E-state index is 0.00745.